The van der Waals surface area contributed by atoms with Crippen LogP contribution in [0.4, 0.5) is 10.5 Å². The minimum atomic E-state index is -0.115. The van der Waals surface area contributed by atoms with Gasteiger partial charge >= 0.3 is 6.03 Å². The first-order chi connectivity index (χ1) is 9.65. The Kier molecular flexibility index (Phi) is 3.36. The molecule has 0 radical (unpaired) electrons. The van der Waals surface area contributed by atoms with Crippen molar-refractivity contribution in [3.05, 3.63) is 46.5 Å². The number of imidazole rings is 1. The molecule has 0 saturated heterocycles. The maximum Gasteiger partial charge on any atom is 0.322 e. The second-order valence-electron chi connectivity index (χ2n) is 4.84. The van der Waals surface area contributed by atoms with E-state index in [1.165, 1.54) is 0 Å². The molecular weight excluding hydrogens is 276 g/mol. The van der Waals surface area contributed by atoms with Crippen LogP contribution in [-0.4, -0.2) is 27.4 Å². The van der Waals surface area contributed by atoms with E-state index >= 15 is 0 Å². The summed E-state index contributed by atoms with van der Waals surface area (Å²) < 4.78 is 0. The van der Waals surface area contributed by atoms with Gasteiger partial charge in [0.2, 0.25) is 0 Å². The first kappa shape index (κ1) is 13.0. The Morgan fingerprint density at radius 2 is 2.35 bits per heavy atom. The molecule has 2 aromatic rings. The fourth-order valence-electron chi connectivity index (χ4n) is 2.32. The minimum absolute atomic E-state index is 0.115. The topological polar surface area (TPSA) is 61.0 Å². The third-order valence-corrected chi connectivity index (χ3v) is 3.98. The van der Waals surface area contributed by atoms with E-state index in [1.54, 1.807) is 11.2 Å². The highest BCUT2D eigenvalue weighted by Gasteiger charge is 2.22. The summed E-state index contributed by atoms with van der Waals surface area (Å²) in [6.45, 7) is 3.12. The average Bonchev–Trinajstić information content (AvgIpc) is 2.91. The van der Waals surface area contributed by atoms with Crippen molar-refractivity contribution in [2.24, 2.45) is 0 Å². The van der Waals surface area contributed by atoms with Crippen molar-refractivity contribution in [3.63, 3.8) is 0 Å². The highest BCUT2D eigenvalue weighted by molar-refractivity contribution is 6.31. The standard InChI is InChI=1S/C14H15ClN4O/c1-9-10(15)3-2-4-11(9)18-14(20)19-6-5-12-13(7-19)17-8-16-12/h2-4,8H,5-7H2,1H3,(H,16,17)(H,18,20). The van der Waals surface area contributed by atoms with Crippen molar-refractivity contribution in [2.45, 2.75) is 19.9 Å². The maximum absolute atomic E-state index is 12.3. The van der Waals surface area contributed by atoms with Crippen molar-refractivity contribution in [3.8, 4) is 0 Å². The molecule has 1 aliphatic rings. The third-order valence-electron chi connectivity index (χ3n) is 3.57. The molecular formula is C14H15ClN4O. The number of fused-ring (bicyclic) bond motifs is 1. The zero-order valence-electron chi connectivity index (χ0n) is 11.1. The Balaban J connectivity index is 1.73. The zero-order valence-corrected chi connectivity index (χ0v) is 11.9. The van der Waals surface area contributed by atoms with Crippen LogP contribution in [0.3, 0.4) is 0 Å². The number of aromatic amines is 1. The van der Waals surface area contributed by atoms with E-state index in [9.17, 15) is 4.79 Å². The van der Waals surface area contributed by atoms with E-state index in [2.05, 4.69) is 15.3 Å². The van der Waals surface area contributed by atoms with E-state index in [4.69, 9.17) is 11.6 Å². The molecule has 0 fully saturated rings. The predicted molar refractivity (Wildman–Crippen MR) is 77.9 cm³/mol. The number of hydrogen-bond donors (Lipinski definition) is 2. The van der Waals surface area contributed by atoms with Crippen molar-refractivity contribution in [2.75, 3.05) is 11.9 Å². The molecule has 1 aliphatic heterocycles. The van der Waals surface area contributed by atoms with Crippen LogP contribution in [-0.2, 0) is 13.0 Å². The summed E-state index contributed by atoms with van der Waals surface area (Å²) in [5.41, 5.74) is 3.68. The number of rotatable bonds is 1. The Labute approximate surface area is 122 Å². The van der Waals surface area contributed by atoms with Gasteiger partial charge in [0, 0.05) is 23.7 Å². The van der Waals surface area contributed by atoms with Gasteiger partial charge in [-0.05, 0) is 24.6 Å². The Bertz CT molecular complexity index is 652. The number of carbonyl (C=O) groups is 1. The number of hydrogen-bond acceptors (Lipinski definition) is 2. The molecule has 2 amide bonds. The molecule has 5 nitrogen and oxygen atoms in total. The quantitative estimate of drug-likeness (QED) is 0.848. The van der Waals surface area contributed by atoms with Gasteiger partial charge in [0.05, 0.1) is 24.3 Å². The van der Waals surface area contributed by atoms with Crippen molar-refractivity contribution < 1.29 is 4.79 Å². The van der Waals surface area contributed by atoms with E-state index in [-0.39, 0.29) is 6.03 Å². The van der Waals surface area contributed by atoms with Gasteiger partial charge < -0.3 is 15.2 Å². The number of H-pyrrole nitrogens is 1. The molecule has 0 unspecified atom stereocenters. The normalized spacial score (nSPS) is 14.0. The lowest BCUT2D eigenvalue weighted by Gasteiger charge is -2.26. The minimum Gasteiger partial charge on any atom is -0.347 e. The van der Waals surface area contributed by atoms with Gasteiger partial charge in [-0.3, -0.25) is 0 Å². The number of nitrogens with zero attached hydrogens (tertiary/aromatic N) is 2. The fourth-order valence-corrected chi connectivity index (χ4v) is 2.50. The van der Waals surface area contributed by atoms with Crippen LogP contribution in [0.2, 0.25) is 5.02 Å². The Morgan fingerprint density at radius 3 is 3.20 bits per heavy atom. The summed E-state index contributed by atoms with van der Waals surface area (Å²) in [7, 11) is 0. The Morgan fingerprint density at radius 1 is 1.50 bits per heavy atom. The van der Waals surface area contributed by atoms with Gasteiger partial charge in [0.25, 0.3) is 0 Å². The maximum atomic E-state index is 12.3. The molecule has 6 heteroatoms. The second kappa shape index (κ2) is 5.17. The van der Waals surface area contributed by atoms with Crippen LogP contribution in [0.5, 0.6) is 0 Å². The average molecular weight is 291 g/mol. The number of amides is 2. The van der Waals surface area contributed by atoms with Crippen molar-refractivity contribution in [1.82, 2.24) is 14.9 Å². The zero-order chi connectivity index (χ0) is 14.1. The Hall–Kier alpha value is -2.01. The largest absolute Gasteiger partial charge is 0.347 e. The van der Waals surface area contributed by atoms with Crippen LogP contribution in [0.1, 0.15) is 17.0 Å². The lowest BCUT2D eigenvalue weighted by molar-refractivity contribution is 0.205. The molecule has 0 saturated carbocycles. The number of benzene rings is 1. The van der Waals surface area contributed by atoms with E-state index in [0.717, 1.165) is 29.1 Å². The molecule has 20 heavy (non-hydrogen) atoms. The van der Waals surface area contributed by atoms with E-state index < -0.39 is 0 Å². The van der Waals surface area contributed by atoms with Gasteiger partial charge in [0.1, 0.15) is 0 Å². The van der Waals surface area contributed by atoms with Crippen LogP contribution in [0, 0.1) is 6.92 Å². The molecule has 1 aromatic heterocycles. The van der Waals surface area contributed by atoms with Crippen LogP contribution in [0.25, 0.3) is 0 Å². The number of halogens is 1. The number of carbonyl (C=O) groups excluding carboxylic acids is 1. The molecule has 1 aromatic carbocycles. The summed E-state index contributed by atoms with van der Waals surface area (Å²) in [5.74, 6) is 0. The molecule has 2 N–H and O–H groups in total. The third kappa shape index (κ3) is 2.36. The van der Waals surface area contributed by atoms with Gasteiger partial charge in [-0.1, -0.05) is 17.7 Å². The lowest BCUT2D eigenvalue weighted by Crippen LogP contribution is -2.39. The molecule has 2 heterocycles. The molecule has 0 atom stereocenters. The summed E-state index contributed by atoms with van der Waals surface area (Å²) in [4.78, 5) is 21.4. The summed E-state index contributed by atoms with van der Waals surface area (Å²) >= 11 is 6.06. The number of aromatic nitrogens is 2. The van der Waals surface area contributed by atoms with Crippen molar-refractivity contribution in [1.29, 1.82) is 0 Å². The summed E-state index contributed by atoms with van der Waals surface area (Å²) in [6.07, 6.45) is 2.45. The number of anilines is 1. The van der Waals surface area contributed by atoms with E-state index in [1.807, 2.05) is 25.1 Å². The highest BCUT2D eigenvalue weighted by Crippen LogP contribution is 2.24. The van der Waals surface area contributed by atoms with E-state index in [0.29, 0.717) is 18.1 Å². The molecule has 3 rings (SSSR count). The SMILES string of the molecule is Cc1c(Cl)cccc1NC(=O)N1CCc2nc[nH]c2C1. The number of urea groups is 1. The van der Waals surface area contributed by atoms with Crippen LogP contribution >= 0.6 is 11.6 Å². The summed E-state index contributed by atoms with van der Waals surface area (Å²) in [6, 6.07) is 5.37. The van der Waals surface area contributed by atoms with Gasteiger partial charge in [0.15, 0.2) is 0 Å². The van der Waals surface area contributed by atoms with Gasteiger partial charge in [-0.2, -0.15) is 0 Å². The smallest absolute Gasteiger partial charge is 0.322 e. The first-order valence-corrected chi connectivity index (χ1v) is 6.85. The van der Waals surface area contributed by atoms with Crippen LogP contribution < -0.4 is 5.32 Å². The van der Waals surface area contributed by atoms with Crippen molar-refractivity contribution >= 4 is 23.3 Å². The fraction of sp³-hybridized carbons (Fsp3) is 0.286. The summed E-state index contributed by atoms with van der Waals surface area (Å²) in [5, 5.41) is 3.56. The predicted octanol–water partition coefficient (Wildman–Crippen LogP) is 2.96. The molecule has 0 spiro atoms. The lowest BCUT2D eigenvalue weighted by atomic mass is 10.1. The monoisotopic (exact) mass is 290 g/mol. The van der Waals surface area contributed by atoms with Gasteiger partial charge in [-0.25, -0.2) is 9.78 Å². The highest BCUT2D eigenvalue weighted by atomic mass is 35.5. The number of nitrogens with one attached hydrogen (secondary N) is 2. The van der Waals surface area contributed by atoms with Gasteiger partial charge in [-0.15, -0.1) is 0 Å². The second-order valence-corrected chi connectivity index (χ2v) is 5.25. The molecule has 0 aliphatic carbocycles. The molecule has 104 valence electrons. The first-order valence-electron chi connectivity index (χ1n) is 6.47. The van der Waals surface area contributed by atoms with Crippen LogP contribution in [0.15, 0.2) is 24.5 Å². The molecule has 0 bridgehead atoms.